The average Bonchev–Trinajstić information content (AvgIpc) is 2.65. The van der Waals surface area contributed by atoms with E-state index in [2.05, 4.69) is 54.7 Å². The summed E-state index contributed by atoms with van der Waals surface area (Å²) in [6, 6.07) is 2.72. The molecule has 2 rings (SSSR count). The molecule has 15 heavy (non-hydrogen) atoms. The topological polar surface area (TPSA) is 16.1 Å². The molecule has 2 nitrogen and oxygen atoms in total. The van der Waals surface area contributed by atoms with Crippen molar-refractivity contribution in [2.75, 3.05) is 11.4 Å². The highest BCUT2D eigenvalue weighted by molar-refractivity contribution is 9.11. The quantitative estimate of drug-likeness (QED) is 0.813. The minimum Gasteiger partial charge on any atom is -0.353 e. The Labute approximate surface area is 107 Å². The molecular formula is C11H14Br2N2. The van der Waals surface area contributed by atoms with Gasteiger partial charge in [-0.25, -0.2) is 4.98 Å². The third-order valence-corrected chi connectivity index (χ3v) is 3.93. The van der Waals surface area contributed by atoms with Crippen molar-refractivity contribution in [1.29, 1.82) is 0 Å². The molecule has 0 radical (unpaired) electrons. The molecule has 1 aliphatic rings. The Morgan fingerprint density at radius 3 is 3.00 bits per heavy atom. The Balaban J connectivity index is 2.28. The van der Waals surface area contributed by atoms with E-state index >= 15 is 0 Å². The minimum absolute atomic E-state index is 0.662. The first-order chi connectivity index (χ1) is 7.22. The van der Waals surface area contributed by atoms with Crippen molar-refractivity contribution < 1.29 is 0 Å². The van der Waals surface area contributed by atoms with Crippen LogP contribution in [0.3, 0.4) is 0 Å². The number of nitrogens with zero attached hydrogens (tertiary/aromatic N) is 2. The van der Waals surface area contributed by atoms with E-state index in [1.807, 2.05) is 6.20 Å². The molecule has 1 saturated heterocycles. The van der Waals surface area contributed by atoms with E-state index in [-0.39, 0.29) is 0 Å². The predicted molar refractivity (Wildman–Crippen MR) is 70.3 cm³/mol. The second kappa shape index (κ2) is 4.83. The molecule has 4 heteroatoms. The Hall–Kier alpha value is -0.0900. The summed E-state index contributed by atoms with van der Waals surface area (Å²) in [5.74, 6) is 1.09. The van der Waals surface area contributed by atoms with Crippen LogP contribution in [0.15, 0.2) is 21.2 Å². The van der Waals surface area contributed by atoms with Gasteiger partial charge in [0.1, 0.15) is 5.82 Å². The highest BCUT2D eigenvalue weighted by Crippen LogP contribution is 2.32. The molecule has 0 N–H and O–H groups in total. The van der Waals surface area contributed by atoms with Crippen molar-refractivity contribution in [2.24, 2.45) is 0 Å². The summed E-state index contributed by atoms with van der Waals surface area (Å²) in [5, 5.41) is 0. The van der Waals surface area contributed by atoms with Crippen molar-refractivity contribution in [1.82, 2.24) is 4.98 Å². The van der Waals surface area contributed by atoms with E-state index in [1.165, 1.54) is 19.3 Å². The largest absolute Gasteiger partial charge is 0.353 e. The average molecular weight is 334 g/mol. The molecule has 0 spiro atoms. The Morgan fingerprint density at radius 1 is 1.53 bits per heavy atom. The van der Waals surface area contributed by atoms with Crippen LogP contribution in [0.4, 0.5) is 5.82 Å². The summed E-state index contributed by atoms with van der Waals surface area (Å²) in [7, 11) is 0. The molecule has 1 unspecified atom stereocenters. The van der Waals surface area contributed by atoms with Gasteiger partial charge in [0.25, 0.3) is 0 Å². The summed E-state index contributed by atoms with van der Waals surface area (Å²) < 4.78 is 2.10. The van der Waals surface area contributed by atoms with Gasteiger partial charge in [-0.2, -0.15) is 0 Å². The van der Waals surface area contributed by atoms with Crippen LogP contribution in [0.1, 0.15) is 26.2 Å². The molecule has 1 atom stereocenters. The Morgan fingerprint density at radius 2 is 2.33 bits per heavy atom. The van der Waals surface area contributed by atoms with Gasteiger partial charge in [-0.05, 0) is 57.2 Å². The van der Waals surface area contributed by atoms with Crippen LogP contribution < -0.4 is 4.90 Å². The first-order valence-corrected chi connectivity index (χ1v) is 6.88. The summed E-state index contributed by atoms with van der Waals surface area (Å²) in [5.41, 5.74) is 0. The van der Waals surface area contributed by atoms with E-state index in [0.29, 0.717) is 6.04 Å². The molecule has 0 aliphatic carbocycles. The van der Waals surface area contributed by atoms with Crippen molar-refractivity contribution in [2.45, 2.75) is 32.2 Å². The third kappa shape index (κ3) is 2.36. The van der Waals surface area contributed by atoms with Crippen LogP contribution >= 0.6 is 31.9 Å². The minimum atomic E-state index is 0.662. The number of anilines is 1. The zero-order chi connectivity index (χ0) is 10.8. The number of hydrogen-bond donors (Lipinski definition) is 0. The molecule has 0 bridgehead atoms. The smallest absolute Gasteiger partial charge is 0.143 e. The van der Waals surface area contributed by atoms with E-state index in [1.54, 1.807) is 0 Å². The fourth-order valence-electron chi connectivity index (χ4n) is 2.16. The summed E-state index contributed by atoms with van der Waals surface area (Å²) in [4.78, 5) is 6.90. The zero-order valence-electron chi connectivity index (χ0n) is 8.71. The van der Waals surface area contributed by atoms with E-state index in [0.717, 1.165) is 21.3 Å². The number of pyridine rings is 1. The SMILES string of the molecule is CCC1CCCN1c1ncc(Br)cc1Br. The van der Waals surface area contributed by atoms with Crippen LogP contribution in [0.5, 0.6) is 0 Å². The fraction of sp³-hybridized carbons (Fsp3) is 0.545. The van der Waals surface area contributed by atoms with Gasteiger partial charge >= 0.3 is 0 Å². The van der Waals surface area contributed by atoms with E-state index in [4.69, 9.17) is 0 Å². The van der Waals surface area contributed by atoms with Crippen molar-refractivity contribution >= 4 is 37.7 Å². The highest BCUT2D eigenvalue weighted by Gasteiger charge is 2.25. The van der Waals surface area contributed by atoms with Gasteiger partial charge in [-0.1, -0.05) is 6.92 Å². The standard InChI is InChI=1S/C11H14Br2N2/c1-2-9-4-3-5-15(9)11-10(13)6-8(12)7-14-11/h6-7,9H,2-5H2,1H3. The predicted octanol–water partition coefficient (Wildman–Crippen LogP) is 3.99. The lowest BCUT2D eigenvalue weighted by Crippen LogP contribution is -2.29. The first-order valence-electron chi connectivity index (χ1n) is 5.30. The van der Waals surface area contributed by atoms with Gasteiger partial charge in [-0.15, -0.1) is 0 Å². The van der Waals surface area contributed by atoms with Gasteiger partial charge in [-0.3, -0.25) is 0 Å². The molecule has 82 valence electrons. The normalized spacial score (nSPS) is 21.0. The van der Waals surface area contributed by atoms with E-state index in [9.17, 15) is 0 Å². The van der Waals surface area contributed by atoms with Gasteiger partial charge in [0, 0.05) is 23.3 Å². The lowest BCUT2D eigenvalue weighted by atomic mass is 10.2. The monoisotopic (exact) mass is 332 g/mol. The number of halogens is 2. The van der Waals surface area contributed by atoms with Crippen molar-refractivity contribution in [3.63, 3.8) is 0 Å². The van der Waals surface area contributed by atoms with Gasteiger partial charge in [0.05, 0.1) is 4.47 Å². The molecule has 1 aliphatic heterocycles. The second-order valence-corrected chi connectivity index (χ2v) is 5.63. The van der Waals surface area contributed by atoms with Crippen LogP contribution in [0, 0.1) is 0 Å². The molecule has 2 heterocycles. The maximum atomic E-state index is 4.49. The van der Waals surface area contributed by atoms with Crippen molar-refractivity contribution in [3.05, 3.63) is 21.2 Å². The zero-order valence-corrected chi connectivity index (χ0v) is 11.9. The van der Waals surface area contributed by atoms with Crippen LogP contribution in [0.25, 0.3) is 0 Å². The molecule has 1 aromatic heterocycles. The van der Waals surface area contributed by atoms with Crippen LogP contribution in [0.2, 0.25) is 0 Å². The lowest BCUT2D eigenvalue weighted by Gasteiger charge is -2.25. The molecule has 0 amide bonds. The highest BCUT2D eigenvalue weighted by atomic mass is 79.9. The number of rotatable bonds is 2. The molecule has 0 saturated carbocycles. The summed E-state index contributed by atoms with van der Waals surface area (Å²) in [6.45, 7) is 3.38. The third-order valence-electron chi connectivity index (χ3n) is 2.91. The summed E-state index contributed by atoms with van der Waals surface area (Å²) >= 11 is 7.01. The first kappa shape index (κ1) is 11.4. The molecular weight excluding hydrogens is 320 g/mol. The maximum Gasteiger partial charge on any atom is 0.143 e. The molecule has 1 fully saturated rings. The second-order valence-electron chi connectivity index (χ2n) is 3.86. The van der Waals surface area contributed by atoms with Crippen molar-refractivity contribution in [3.8, 4) is 0 Å². The summed E-state index contributed by atoms with van der Waals surface area (Å²) in [6.07, 6.45) is 5.64. The Bertz CT molecular complexity index is 354. The van der Waals surface area contributed by atoms with Gasteiger partial charge in [0.15, 0.2) is 0 Å². The Kier molecular flexibility index (Phi) is 3.67. The van der Waals surface area contributed by atoms with Crippen LogP contribution in [-0.2, 0) is 0 Å². The number of hydrogen-bond acceptors (Lipinski definition) is 2. The maximum absolute atomic E-state index is 4.49. The van der Waals surface area contributed by atoms with Crippen LogP contribution in [-0.4, -0.2) is 17.6 Å². The van der Waals surface area contributed by atoms with Gasteiger partial charge < -0.3 is 4.90 Å². The van der Waals surface area contributed by atoms with Gasteiger partial charge in [0.2, 0.25) is 0 Å². The van der Waals surface area contributed by atoms with E-state index < -0.39 is 0 Å². The molecule has 1 aromatic rings. The lowest BCUT2D eigenvalue weighted by molar-refractivity contribution is 0.639. The molecule has 0 aromatic carbocycles. The fourth-order valence-corrected chi connectivity index (χ4v) is 3.37. The number of aromatic nitrogens is 1.